The first-order valence-electron chi connectivity index (χ1n) is 16.8. The first-order chi connectivity index (χ1) is 26.0. The van der Waals surface area contributed by atoms with E-state index in [4.69, 9.17) is 45.6 Å². The van der Waals surface area contributed by atoms with Crippen molar-refractivity contribution in [3.05, 3.63) is 126 Å². The fourth-order valence-electron chi connectivity index (χ4n) is 7.29. The number of nitrogens with zero attached hydrogens (tertiary/aromatic N) is 9. The van der Waals surface area contributed by atoms with Crippen LogP contribution in [0.1, 0.15) is 26.3 Å². The van der Waals surface area contributed by atoms with Crippen LogP contribution in [0.2, 0.25) is 0 Å². The number of nitrogens with two attached hydrogens (primary N) is 1. The van der Waals surface area contributed by atoms with Gasteiger partial charge >= 0.3 is 17.1 Å². The maximum absolute atomic E-state index is 13.3. The Kier molecular flexibility index (Phi) is 6.87. The molecule has 3 aliphatic rings. The molecule has 5 aromatic carbocycles. The van der Waals surface area contributed by atoms with Crippen molar-refractivity contribution in [1.29, 1.82) is 0 Å². The first kappa shape index (κ1) is 31.6. The zero-order valence-electron chi connectivity index (χ0n) is 27.8. The van der Waals surface area contributed by atoms with Gasteiger partial charge in [0.25, 0.3) is 11.8 Å². The number of anilines is 1. The van der Waals surface area contributed by atoms with Crippen molar-refractivity contribution in [3.63, 3.8) is 0 Å². The minimum absolute atomic E-state index is 0. The van der Waals surface area contributed by atoms with Gasteiger partial charge in [-0.25, -0.2) is 9.97 Å². The Morgan fingerprint density at radius 2 is 0.907 bits per heavy atom. The monoisotopic (exact) mass is 749 g/mol. The van der Waals surface area contributed by atoms with Crippen molar-refractivity contribution in [2.75, 3.05) is 5.73 Å². The molecule has 0 saturated heterocycles. The molecule has 54 heavy (non-hydrogen) atoms. The fraction of sp³-hybridized carbons (Fsp3) is 0.0244. The molecule has 8 aromatic rings. The predicted molar refractivity (Wildman–Crippen MR) is 199 cm³/mol. The number of rotatable bonds is 2. The molecule has 0 unspecified atom stereocenters. The van der Waals surface area contributed by atoms with Crippen LogP contribution < -0.4 is 15.7 Å². The maximum atomic E-state index is 13.3. The van der Waals surface area contributed by atoms with E-state index in [-0.39, 0.29) is 29.5 Å². The van der Waals surface area contributed by atoms with E-state index in [1.54, 1.807) is 18.2 Å². The molecular weight excluding hydrogens is 728 g/mol. The van der Waals surface area contributed by atoms with Crippen molar-refractivity contribution in [3.8, 4) is 45.6 Å². The van der Waals surface area contributed by atoms with Gasteiger partial charge in [-0.15, -0.1) is 0 Å². The minimum atomic E-state index is -0.394. The van der Waals surface area contributed by atoms with E-state index in [2.05, 4.69) is 0 Å². The third-order valence-electron chi connectivity index (χ3n) is 9.82. The second-order valence-electron chi connectivity index (χ2n) is 13.0. The summed E-state index contributed by atoms with van der Waals surface area (Å²) in [5.41, 5.74) is 12.7. The van der Waals surface area contributed by atoms with E-state index in [1.165, 1.54) is 4.90 Å². The van der Waals surface area contributed by atoms with Crippen LogP contribution >= 0.6 is 0 Å². The number of carbonyl (C=O) groups excluding carboxylic acids is 2. The SMILES string of the molecule is Nc1ccc2c(c1)C(=O)N(Cc1ccc3c4nc5nc(nc6[n-]c(nc7nc(nc([n-]4)c3c1)-c1ccccc1-7)c1ccccc61)-c1ccccc1-5)C2=O.[Cu+2]. The van der Waals surface area contributed by atoms with E-state index in [9.17, 15) is 9.59 Å². The molecule has 2 N–H and O–H groups in total. The summed E-state index contributed by atoms with van der Waals surface area (Å²) in [4.78, 5) is 67.5. The Labute approximate surface area is 315 Å². The summed E-state index contributed by atoms with van der Waals surface area (Å²) in [5.74, 6) is 1.06. The molecule has 6 heterocycles. The molecule has 1 radical (unpaired) electrons. The van der Waals surface area contributed by atoms with Gasteiger partial charge in [0.1, 0.15) is 0 Å². The second kappa shape index (κ2) is 11.7. The maximum Gasteiger partial charge on any atom is 2.00 e. The Morgan fingerprint density at radius 3 is 1.43 bits per heavy atom. The smallest absolute Gasteiger partial charge is 0.399 e. The number of aromatic nitrogens is 8. The molecule has 0 fully saturated rings. The summed E-state index contributed by atoms with van der Waals surface area (Å²) < 4.78 is 0. The summed E-state index contributed by atoms with van der Waals surface area (Å²) in [6.45, 7) is 0.0438. The molecule has 11 rings (SSSR count). The standard InChI is InChI=1S/C41H24N10O2.Cu/c42-21-14-16-29-31(18-21)41(53)51(40(29)52)19-20-13-15-28-30(17-20)39-49-37-27-12-6-5-11-26(27)35(47-37)45-33-23-8-2-1-7-22(23)32(43-33)44-34-24-9-3-4-10-25(24)36(46-34)48-38(28)50-39;/h1-18H,19H2,(H4,42,43,44,45,46,47,48,49,50,52,53);/q;+2/p-2. The van der Waals surface area contributed by atoms with Gasteiger partial charge in [-0.2, -0.15) is 0 Å². The number of benzene rings is 5. The van der Waals surface area contributed by atoms with Crippen molar-refractivity contribution in [2.45, 2.75) is 6.54 Å². The fourth-order valence-corrected chi connectivity index (χ4v) is 7.29. The molecule has 12 nitrogen and oxygen atoms in total. The molecule has 0 aliphatic carbocycles. The summed E-state index contributed by atoms with van der Waals surface area (Å²) in [5, 5.41) is 3.07. The summed E-state index contributed by atoms with van der Waals surface area (Å²) >= 11 is 0. The van der Waals surface area contributed by atoms with Crippen molar-refractivity contribution >= 4 is 61.6 Å². The average molecular weight is 750 g/mol. The van der Waals surface area contributed by atoms with Gasteiger partial charge in [0.2, 0.25) is 0 Å². The Morgan fingerprint density at radius 1 is 0.463 bits per heavy atom. The van der Waals surface area contributed by atoms with Crippen LogP contribution in [0.5, 0.6) is 0 Å². The summed E-state index contributed by atoms with van der Waals surface area (Å²) in [6.07, 6.45) is 0. The minimum Gasteiger partial charge on any atom is -0.399 e. The Balaban J connectivity index is 0.00000361. The number of imide groups is 1. The van der Waals surface area contributed by atoms with Crippen LogP contribution in [0.4, 0.5) is 5.69 Å². The van der Waals surface area contributed by atoms with Gasteiger partial charge in [-0.3, -0.25) is 14.5 Å². The number of hydrogen-bond donors (Lipinski definition) is 1. The molecule has 0 saturated carbocycles. The van der Waals surface area contributed by atoms with Crippen LogP contribution in [-0.2, 0) is 23.6 Å². The van der Waals surface area contributed by atoms with Gasteiger partial charge in [0.05, 0.1) is 41.0 Å². The number of hydrogen-bond acceptors (Lipinski definition) is 9. The van der Waals surface area contributed by atoms with Gasteiger partial charge < -0.3 is 35.6 Å². The largest absolute Gasteiger partial charge is 2.00 e. The van der Waals surface area contributed by atoms with E-state index in [0.29, 0.717) is 79.0 Å². The normalized spacial score (nSPS) is 12.9. The van der Waals surface area contributed by atoms with Gasteiger partial charge in [0.15, 0.2) is 0 Å². The molecule has 13 heteroatoms. The number of amides is 2. The van der Waals surface area contributed by atoms with Crippen molar-refractivity contribution in [2.24, 2.45) is 0 Å². The molecule has 0 atom stereocenters. The third-order valence-corrected chi connectivity index (χ3v) is 9.82. The third kappa shape index (κ3) is 4.69. The van der Waals surface area contributed by atoms with Crippen LogP contribution in [0.15, 0.2) is 109 Å². The molecular formula is C41H22CuN10O2. The van der Waals surface area contributed by atoms with E-state index < -0.39 is 5.91 Å². The molecule has 259 valence electrons. The van der Waals surface area contributed by atoms with Crippen molar-refractivity contribution < 1.29 is 26.7 Å². The summed E-state index contributed by atoms with van der Waals surface area (Å²) in [6, 6.07) is 33.8. The second-order valence-corrected chi connectivity index (χ2v) is 13.0. The quantitative estimate of drug-likeness (QED) is 0.116. The topological polar surface area (TPSA) is 169 Å². The van der Waals surface area contributed by atoms with Crippen LogP contribution in [0, 0.1) is 0 Å². The molecule has 0 spiro atoms. The van der Waals surface area contributed by atoms with Crippen LogP contribution in [-0.4, -0.2) is 46.6 Å². The number of carbonyl (C=O) groups is 2. The van der Waals surface area contributed by atoms with Gasteiger partial charge in [0, 0.05) is 50.5 Å². The van der Waals surface area contributed by atoms with Crippen molar-refractivity contribution in [1.82, 2.24) is 44.8 Å². The molecule has 8 bridgehead atoms. The van der Waals surface area contributed by atoms with Gasteiger partial charge in [-0.05, 0) is 51.4 Å². The number of nitrogen functional groups attached to an aromatic ring is 1. The summed E-state index contributed by atoms with van der Waals surface area (Å²) in [7, 11) is 0. The van der Waals surface area contributed by atoms with E-state index in [1.807, 2.05) is 91.0 Å². The first-order valence-corrected chi connectivity index (χ1v) is 16.8. The molecule has 3 aliphatic heterocycles. The zero-order valence-corrected chi connectivity index (χ0v) is 28.8. The molecule has 2 amide bonds. The van der Waals surface area contributed by atoms with Gasteiger partial charge in [-0.1, -0.05) is 84.9 Å². The van der Waals surface area contributed by atoms with E-state index in [0.717, 1.165) is 33.0 Å². The Bertz CT molecular complexity index is 3130. The van der Waals surface area contributed by atoms with Crippen LogP contribution in [0.3, 0.4) is 0 Å². The Hall–Kier alpha value is -7.08. The van der Waals surface area contributed by atoms with Crippen LogP contribution in [0.25, 0.3) is 89.7 Å². The predicted octanol–water partition coefficient (Wildman–Crippen LogP) is 6.50. The van der Waals surface area contributed by atoms with E-state index >= 15 is 0 Å². The zero-order chi connectivity index (χ0) is 35.4. The average Bonchev–Trinajstić information content (AvgIpc) is 3.95. The molecule has 3 aromatic heterocycles. The number of fused-ring (bicyclic) bond motifs is 21.